The van der Waals surface area contributed by atoms with Crippen molar-refractivity contribution in [2.75, 3.05) is 20.2 Å². The first-order valence-corrected chi connectivity index (χ1v) is 7.29. The first-order valence-electron chi connectivity index (χ1n) is 7.29. The van der Waals surface area contributed by atoms with E-state index in [1.165, 1.54) is 0 Å². The predicted octanol–water partition coefficient (Wildman–Crippen LogP) is 3.17. The fourth-order valence-electron chi connectivity index (χ4n) is 2.71. The molecule has 1 aromatic carbocycles. The normalized spacial score (nSPS) is 15.5. The Labute approximate surface area is 123 Å². The van der Waals surface area contributed by atoms with E-state index < -0.39 is 5.97 Å². The number of fused-ring (bicyclic) bond motifs is 1. The number of hydrogen-bond acceptors (Lipinski definition) is 5. The highest BCUT2D eigenvalue weighted by Crippen LogP contribution is 2.30. The molecule has 5 heteroatoms. The number of hydroxylamine groups is 2. The summed E-state index contributed by atoms with van der Waals surface area (Å²) in [5, 5.41) is 2.64. The molecule has 0 saturated carbocycles. The van der Waals surface area contributed by atoms with Gasteiger partial charge in [-0.1, -0.05) is 6.92 Å². The van der Waals surface area contributed by atoms with Gasteiger partial charge in [-0.3, -0.25) is 0 Å². The first-order chi connectivity index (χ1) is 10.2. The molecule has 0 aliphatic carbocycles. The minimum Gasteiger partial charge on any atom is -0.497 e. The smallest absolute Gasteiger partial charge is 0.393 e. The zero-order valence-electron chi connectivity index (χ0n) is 12.3. The Morgan fingerprint density at radius 3 is 2.76 bits per heavy atom. The minimum atomic E-state index is -0.413. The molecule has 0 N–H and O–H groups in total. The van der Waals surface area contributed by atoms with Crippen LogP contribution in [0.25, 0.3) is 11.0 Å². The van der Waals surface area contributed by atoms with Crippen molar-refractivity contribution in [2.45, 2.75) is 26.2 Å². The highest BCUT2D eigenvalue weighted by molar-refractivity contribution is 5.96. The van der Waals surface area contributed by atoms with Gasteiger partial charge in [-0.05, 0) is 31.4 Å². The molecule has 0 amide bonds. The molecule has 1 saturated heterocycles. The largest absolute Gasteiger partial charge is 0.497 e. The molecule has 1 fully saturated rings. The van der Waals surface area contributed by atoms with E-state index >= 15 is 0 Å². The lowest BCUT2D eigenvalue weighted by Crippen LogP contribution is -2.24. The molecule has 0 unspecified atom stereocenters. The van der Waals surface area contributed by atoms with E-state index in [-0.39, 0.29) is 0 Å². The topological polar surface area (TPSA) is 51.9 Å². The van der Waals surface area contributed by atoms with Gasteiger partial charge in [0.1, 0.15) is 11.3 Å². The van der Waals surface area contributed by atoms with E-state index in [0.29, 0.717) is 23.5 Å². The average molecular weight is 289 g/mol. The maximum Gasteiger partial charge on any atom is 0.393 e. The van der Waals surface area contributed by atoms with Crippen molar-refractivity contribution >= 4 is 16.9 Å². The molecule has 0 bridgehead atoms. The molecule has 2 heterocycles. The summed E-state index contributed by atoms with van der Waals surface area (Å²) in [5.74, 6) is 0.593. The van der Waals surface area contributed by atoms with Gasteiger partial charge in [-0.25, -0.2) is 4.79 Å². The summed E-state index contributed by atoms with van der Waals surface area (Å²) in [4.78, 5) is 17.7. The Kier molecular flexibility index (Phi) is 3.84. The lowest BCUT2D eigenvalue weighted by atomic mass is 10.1. The number of rotatable bonds is 4. The molecule has 0 radical (unpaired) electrons. The summed E-state index contributed by atoms with van der Waals surface area (Å²) >= 11 is 0. The van der Waals surface area contributed by atoms with Crippen LogP contribution >= 0.6 is 0 Å². The van der Waals surface area contributed by atoms with Crippen LogP contribution in [0.15, 0.2) is 22.6 Å². The number of furan rings is 1. The van der Waals surface area contributed by atoms with E-state index in [4.69, 9.17) is 14.0 Å². The van der Waals surface area contributed by atoms with Crippen LogP contribution in [0.2, 0.25) is 0 Å². The third kappa shape index (κ3) is 2.61. The summed E-state index contributed by atoms with van der Waals surface area (Å²) in [5.41, 5.74) is 1.54. The quantitative estimate of drug-likeness (QED) is 0.865. The predicted molar refractivity (Wildman–Crippen MR) is 78.4 cm³/mol. The van der Waals surface area contributed by atoms with Gasteiger partial charge < -0.3 is 14.0 Å². The molecule has 1 aliphatic heterocycles. The van der Waals surface area contributed by atoms with Gasteiger partial charge in [0, 0.05) is 30.1 Å². The third-order valence-corrected chi connectivity index (χ3v) is 3.82. The second-order valence-corrected chi connectivity index (χ2v) is 5.14. The maximum absolute atomic E-state index is 12.3. The molecule has 112 valence electrons. The summed E-state index contributed by atoms with van der Waals surface area (Å²) in [6.07, 6.45) is 2.83. The van der Waals surface area contributed by atoms with Gasteiger partial charge in [0.15, 0.2) is 0 Å². The minimum absolute atomic E-state index is 0.299. The second kappa shape index (κ2) is 5.77. The van der Waals surface area contributed by atoms with Crippen LogP contribution in [0.5, 0.6) is 5.75 Å². The molecule has 2 aromatic rings. The fourth-order valence-corrected chi connectivity index (χ4v) is 2.71. The van der Waals surface area contributed by atoms with Gasteiger partial charge >= 0.3 is 5.97 Å². The van der Waals surface area contributed by atoms with Gasteiger partial charge in [0.25, 0.3) is 0 Å². The summed E-state index contributed by atoms with van der Waals surface area (Å²) in [7, 11) is 1.60. The average Bonchev–Trinajstić information content (AvgIpc) is 3.12. The van der Waals surface area contributed by atoms with Crippen molar-refractivity contribution in [2.24, 2.45) is 0 Å². The van der Waals surface area contributed by atoms with Crippen LogP contribution in [0.4, 0.5) is 0 Å². The first kappa shape index (κ1) is 13.9. The van der Waals surface area contributed by atoms with Crippen LogP contribution < -0.4 is 4.74 Å². The molecule has 3 rings (SSSR count). The number of aryl methyl sites for hydroxylation is 1. The number of ether oxygens (including phenoxy) is 1. The summed E-state index contributed by atoms with van der Waals surface area (Å²) < 4.78 is 10.9. The van der Waals surface area contributed by atoms with Crippen LogP contribution in [-0.2, 0) is 11.3 Å². The second-order valence-electron chi connectivity index (χ2n) is 5.14. The molecule has 5 nitrogen and oxygen atoms in total. The maximum atomic E-state index is 12.3. The summed E-state index contributed by atoms with van der Waals surface area (Å²) in [6.45, 7) is 3.59. The zero-order valence-corrected chi connectivity index (χ0v) is 12.3. The summed E-state index contributed by atoms with van der Waals surface area (Å²) in [6, 6.07) is 5.58. The van der Waals surface area contributed by atoms with Crippen molar-refractivity contribution in [3.05, 3.63) is 29.5 Å². The Morgan fingerprint density at radius 2 is 2.10 bits per heavy atom. The van der Waals surface area contributed by atoms with E-state index in [1.807, 2.05) is 19.1 Å². The van der Waals surface area contributed by atoms with Crippen molar-refractivity contribution in [3.63, 3.8) is 0 Å². The number of carbonyl (C=O) groups excluding carboxylic acids is 1. The monoisotopic (exact) mass is 289 g/mol. The molecule has 0 spiro atoms. The highest BCUT2D eigenvalue weighted by Gasteiger charge is 2.24. The number of hydrogen-bond donors (Lipinski definition) is 0. The van der Waals surface area contributed by atoms with Crippen LogP contribution in [0, 0.1) is 0 Å². The van der Waals surface area contributed by atoms with E-state index in [9.17, 15) is 4.79 Å². The van der Waals surface area contributed by atoms with E-state index in [0.717, 1.165) is 36.9 Å². The SMILES string of the molecule is CCc1c(C(=O)ON2CCCC2)oc2cc(OC)ccc12. The Hall–Kier alpha value is -2.01. The Bertz CT molecular complexity index is 656. The van der Waals surface area contributed by atoms with Gasteiger partial charge in [-0.2, -0.15) is 0 Å². The lowest BCUT2D eigenvalue weighted by Gasteiger charge is -2.13. The molecule has 0 atom stereocenters. The number of benzene rings is 1. The highest BCUT2D eigenvalue weighted by atomic mass is 16.7. The Morgan fingerprint density at radius 1 is 1.33 bits per heavy atom. The fraction of sp³-hybridized carbons (Fsp3) is 0.438. The van der Waals surface area contributed by atoms with E-state index in [2.05, 4.69) is 0 Å². The Balaban J connectivity index is 1.94. The van der Waals surface area contributed by atoms with Crippen LogP contribution in [-0.4, -0.2) is 31.2 Å². The van der Waals surface area contributed by atoms with Crippen LogP contribution in [0.3, 0.4) is 0 Å². The zero-order chi connectivity index (χ0) is 14.8. The third-order valence-electron chi connectivity index (χ3n) is 3.82. The molecule has 1 aromatic heterocycles. The van der Waals surface area contributed by atoms with Crippen LogP contribution in [0.1, 0.15) is 35.9 Å². The molecule has 21 heavy (non-hydrogen) atoms. The number of nitrogens with zero attached hydrogens (tertiary/aromatic N) is 1. The standard InChI is InChI=1S/C16H19NO4/c1-3-12-13-7-6-11(19-2)10-14(13)20-15(12)16(18)21-17-8-4-5-9-17/h6-7,10H,3-5,8-9H2,1-2H3. The molecule has 1 aliphatic rings. The van der Waals surface area contributed by atoms with Crippen molar-refractivity contribution in [3.8, 4) is 5.75 Å². The molecular weight excluding hydrogens is 270 g/mol. The van der Waals surface area contributed by atoms with Gasteiger partial charge in [-0.15, -0.1) is 5.06 Å². The lowest BCUT2D eigenvalue weighted by molar-refractivity contribution is -0.0948. The van der Waals surface area contributed by atoms with Gasteiger partial charge in [0.2, 0.25) is 5.76 Å². The van der Waals surface area contributed by atoms with Gasteiger partial charge in [0.05, 0.1) is 7.11 Å². The van der Waals surface area contributed by atoms with E-state index in [1.54, 1.807) is 18.2 Å². The molecular formula is C16H19NO4. The van der Waals surface area contributed by atoms with Crippen molar-refractivity contribution in [1.29, 1.82) is 0 Å². The van der Waals surface area contributed by atoms with Crippen molar-refractivity contribution < 1.29 is 18.8 Å². The number of methoxy groups -OCH3 is 1. The number of carbonyl (C=O) groups is 1. The van der Waals surface area contributed by atoms with Crippen molar-refractivity contribution in [1.82, 2.24) is 5.06 Å².